The van der Waals surface area contributed by atoms with Crippen LogP contribution in [-0.4, -0.2) is 60.1 Å². The van der Waals surface area contributed by atoms with Crippen molar-refractivity contribution in [3.8, 4) is 0 Å². The van der Waals surface area contributed by atoms with Gasteiger partial charge in [-0.1, -0.05) is 0 Å². The van der Waals surface area contributed by atoms with Gasteiger partial charge in [-0.3, -0.25) is 0 Å². The first-order valence-electron chi connectivity index (χ1n) is 7.41. The van der Waals surface area contributed by atoms with Crippen LogP contribution in [0.4, 0.5) is 0 Å². The predicted octanol–water partition coefficient (Wildman–Crippen LogP) is 1.82. The highest BCUT2D eigenvalue weighted by atomic mass is 32.1. The fraction of sp³-hybridized carbons (Fsp3) is 0.800. The van der Waals surface area contributed by atoms with Gasteiger partial charge in [0.1, 0.15) is 0 Å². The highest BCUT2D eigenvalue weighted by molar-refractivity contribution is 7.11. The van der Waals surface area contributed by atoms with E-state index in [-0.39, 0.29) is 5.54 Å². The van der Waals surface area contributed by atoms with Crippen molar-refractivity contribution < 1.29 is 0 Å². The molecule has 0 amide bonds. The quantitative estimate of drug-likeness (QED) is 0.918. The number of aromatic nitrogens is 1. The van der Waals surface area contributed by atoms with E-state index in [1.807, 2.05) is 17.5 Å². The Bertz CT molecular complexity index is 424. The summed E-state index contributed by atoms with van der Waals surface area (Å²) in [5.41, 5.74) is 0.163. The van der Waals surface area contributed by atoms with Crippen LogP contribution in [0, 0.1) is 0 Å². The van der Waals surface area contributed by atoms with Crippen LogP contribution in [0.25, 0.3) is 0 Å². The Morgan fingerprint density at radius 3 is 2.80 bits per heavy atom. The molecular formula is C15H28N4S. The van der Waals surface area contributed by atoms with Gasteiger partial charge in [-0.25, -0.2) is 4.98 Å². The lowest BCUT2D eigenvalue weighted by molar-refractivity contribution is 0.114. The first-order chi connectivity index (χ1) is 9.33. The molecule has 0 saturated carbocycles. The molecule has 1 aromatic rings. The number of hydrogen-bond donors (Lipinski definition) is 1. The molecule has 0 spiro atoms. The zero-order valence-electron chi connectivity index (χ0n) is 13.4. The topological polar surface area (TPSA) is 31.4 Å². The van der Waals surface area contributed by atoms with Gasteiger partial charge >= 0.3 is 0 Å². The van der Waals surface area contributed by atoms with E-state index in [9.17, 15) is 0 Å². The van der Waals surface area contributed by atoms with Gasteiger partial charge < -0.3 is 15.1 Å². The number of likely N-dealkylation sites (N-methyl/N-ethyl adjacent to an activating group) is 2. The smallest absolute Gasteiger partial charge is 0.0944 e. The van der Waals surface area contributed by atoms with Crippen LogP contribution in [-0.2, 0) is 13.0 Å². The van der Waals surface area contributed by atoms with Crippen LogP contribution in [0.2, 0.25) is 0 Å². The highest BCUT2D eigenvalue weighted by Crippen LogP contribution is 2.18. The third-order valence-corrected chi connectivity index (χ3v) is 4.80. The number of rotatable bonds is 4. The first-order valence-corrected chi connectivity index (χ1v) is 8.22. The molecule has 0 bridgehead atoms. The maximum atomic E-state index is 4.60. The summed E-state index contributed by atoms with van der Waals surface area (Å²) in [6, 6.07) is 0.600. The SMILES string of the molecule is CN1CCN(C)C(Cc2ncc(CNC(C)(C)C)s2)C1. The Morgan fingerprint density at radius 1 is 1.35 bits per heavy atom. The summed E-state index contributed by atoms with van der Waals surface area (Å²) in [5, 5.41) is 4.79. The Hall–Kier alpha value is -0.490. The molecule has 0 aromatic carbocycles. The van der Waals surface area contributed by atoms with Crippen molar-refractivity contribution in [1.82, 2.24) is 20.1 Å². The van der Waals surface area contributed by atoms with Gasteiger partial charge in [0, 0.05) is 55.3 Å². The lowest BCUT2D eigenvalue weighted by Crippen LogP contribution is -2.50. The van der Waals surface area contributed by atoms with Gasteiger partial charge in [0.15, 0.2) is 0 Å². The molecule has 1 unspecified atom stereocenters. The molecule has 5 heteroatoms. The van der Waals surface area contributed by atoms with Gasteiger partial charge in [0.25, 0.3) is 0 Å². The minimum atomic E-state index is 0.163. The number of hydrogen-bond acceptors (Lipinski definition) is 5. The third-order valence-electron chi connectivity index (χ3n) is 3.78. The summed E-state index contributed by atoms with van der Waals surface area (Å²) in [4.78, 5) is 10.8. The summed E-state index contributed by atoms with van der Waals surface area (Å²) < 4.78 is 0. The molecule has 0 aliphatic carbocycles. The van der Waals surface area contributed by atoms with Crippen molar-refractivity contribution in [2.24, 2.45) is 0 Å². The minimum Gasteiger partial charge on any atom is -0.307 e. The van der Waals surface area contributed by atoms with E-state index in [4.69, 9.17) is 0 Å². The van der Waals surface area contributed by atoms with Crippen LogP contribution in [0.5, 0.6) is 0 Å². The summed E-state index contributed by atoms with van der Waals surface area (Å²) >= 11 is 1.85. The Balaban J connectivity index is 1.89. The highest BCUT2D eigenvalue weighted by Gasteiger charge is 2.23. The maximum Gasteiger partial charge on any atom is 0.0944 e. The van der Waals surface area contributed by atoms with Crippen LogP contribution in [0.15, 0.2) is 6.20 Å². The second-order valence-electron chi connectivity index (χ2n) is 6.92. The second kappa shape index (κ2) is 6.52. The monoisotopic (exact) mass is 296 g/mol. The fourth-order valence-electron chi connectivity index (χ4n) is 2.40. The molecule has 1 aliphatic rings. The maximum absolute atomic E-state index is 4.60. The third kappa shape index (κ3) is 4.81. The number of thiazole rings is 1. The summed E-state index contributed by atoms with van der Waals surface area (Å²) in [6.45, 7) is 11.0. The molecule has 4 nitrogen and oxygen atoms in total. The molecule has 0 radical (unpaired) electrons. The van der Waals surface area contributed by atoms with Crippen molar-refractivity contribution in [3.05, 3.63) is 16.1 Å². The van der Waals surface area contributed by atoms with Gasteiger partial charge in [-0.2, -0.15) is 0 Å². The largest absolute Gasteiger partial charge is 0.307 e. The Labute approximate surface area is 127 Å². The average Bonchev–Trinajstić information content (AvgIpc) is 2.78. The van der Waals surface area contributed by atoms with Crippen molar-refractivity contribution in [1.29, 1.82) is 0 Å². The van der Waals surface area contributed by atoms with Crippen molar-refractivity contribution in [3.63, 3.8) is 0 Å². The molecule has 1 fully saturated rings. The second-order valence-corrected chi connectivity index (χ2v) is 8.12. The van der Waals surface area contributed by atoms with E-state index in [1.54, 1.807) is 0 Å². The van der Waals surface area contributed by atoms with E-state index < -0.39 is 0 Å². The van der Waals surface area contributed by atoms with Crippen LogP contribution >= 0.6 is 11.3 Å². The number of nitrogens with one attached hydrogen (secondary N) is 1. The fourth-order valence-corrected chi connectivity index (χ4v) is 3.33. The van der Waals surface area contributed by atoms with E-state index in [1.165, 1.54) is 16.4 Å². The van der Waals surface area contributed by atoms with Crippen molar-refractivity contribution in [2.45, 2.75) is 45.3 Å². The normalized spacial score (nSPS) is 22.4. The van der Waals surface area contributed by atoms with Crippen LogP contribution < -0.4 is 5.32 Å². The zero-order valence-corrected chi connectivity index (χ0v) is 14.3. The lowest BCUT2D eigenvalue weighted by atomic mass is 10.1. The van der Waals surface area contributed by atoms with Crippen molar-refractivity contribution >= 4 is 11.3 Å². The molecule has 1 aromatic heterocycles. The van der Waals surface area contributed by atoms with E-state index in [0.29, 0.717) is 6.04 Å². The lowest BCUT2D eigenvalue weighted by Gasteiger charge is -2.37. The summed E-state index contributed by atoms with van der Waals surface area (Å²) in [5.74, 6) is 0. The average molecular weight is 296 g/mol. The molecule has 114 valence electrons. The Kier molecular flexibility index (Phi) is 5.18. The van der Waals surface area contributed by atoms with Gasteiger partial charge in [-0.15, -0.1) is 11.3 Å². The van der Waals surface area contributed by atoms with Gasteiger partial charge in [0.2, 0.25) is 0 Å². The van der Waals surface area contributed by atoms with Gasteiger partial charge in [0.05, 0.1) is 5.01 Å². The number of nitrogens with zero attached hydrogens (tertiary/aromatic N) is 3. The van der Waals surface area contributed by atoms with Gasteiger partial charge in [-0.05, 0) is 34.9 Å². The molecule has 1 atom stereocenters. The zero-order chi connectivity index (χ0) is 14.8. The first kappa shape index (κ1) is 15.9. The predicted molar refractivity (Wildman–Crippen MR) is 86.3 cm³/mol. The van der Waals surface area contributed by atoms with Crippen LogP contribution in [0.1, 0.15) is 30.7 Å². The van der Waals surface area contributed by atoms with E-state index in [2.05, 4.69) is 55.0 Å². The molecule has 20 heavy (non-hydrogen) atoms. The van der Waals surface area contributed by atoms with Crippen LogP contribution in [0.3, 0.4) is 0 Å². The molecule has 1 aliphatic heterocycles. The number of piperazine rings is 1. The standard InChI is InChI=1S/C15H28N4S/c1-15(2,3)17-10-13-9-16-14(20-13)8-12-11-18(4)6-7-19(12)5/h9,12,17H,6-8,10-11H2,1-5H3. The van der Waals surface area contributed by atoms with Crippen molar-refractivity contribution in [2.75, 3.05) is 33.7 Å². The van der Waals surface area contributed by atoms with E-state index >= 15 is 0 Å². The molecule has 1 N–H and O–H groups in total. The Morgan fingerprint density at radius 2 is 2.10 bits per heavy atom. The molecular weight excluding hydrogens is 268 g/mol. The summed E-state index contributed by atoms with van der Waals surface area (Å²) in [7, 11) is 4.44. The minimum absolute atomic E-state index is 0.163. The summed E-state index contributed by atoms with van der Waals surface area (Å²) in [6.07, 6.45) is 3.10. The molecule has 2 heterocycles. The molecule has 2 rings (SSSR count). The van der Waals surface area contributed by atoms with E-state index in [0.717, 1.165) is 26.1 Å². The molecule has 1 saturated heterocycles.